The van der Waals surface area contributed by atoms with E-state index in [0.717, 1.165) is 5.92 Å². The third-order valence-corrected chi connectivity index (χ3v) is 4.28. The molecule has 0 spiro atoms. The van der Waals surface area contributed by atoms with Gasteiger partial charge in [-0.25, -0.2) is 0 Å². The minimum Gasteiger partial charge on any atom is -0.0985 e. The summed E-state index contributed by atoms with van der Waals surface area (Å²) in [6.45, 7) is 4.63. The highest BCUT2D eigenvalue weighted by atomic mass is 27.0. The molecule has 0 fully saturated rings. The van der Waals surface area contributed by atoms with Gasteiger partial charge in [-0.2, -0.15) is 0 Å². The number of rotatable bonds is 9. The summed E-state index contributed by atoms with van der Waals surface area (Å²) in [5, 5.41) is 1.52. The Hall–Kier alpha value is 0.532. The molecule has 1 heteroatoms. The molecule has 0 saturated carbocycles. The minimum atomic E-state index is 1.07. The summed E-state index contributed by atoms with van der Waals surface area (Å²) in [5.74, 6) is 1.07. The molecule has 0 saturated heterocycles. The van der Waals surface area contributed by atoms with Gasteiger partial charge in [0.2, 0.25) is 16.3 Å². The van der Waals surface area contributed by atoms with Crippen molar-refractivity contribution >= 4 is 16.3 Å². The van der Waals surface area contributed by atoms with Crippen LogP contribution >= 0.6 is 0 Å². The van der Waals surface area contributed by atoms with Crippen LogP contribution in [0.4, 0.5) is 0 Å². The third kappa shape index (κ3) is 8.85. The van der Waals surface area contributed by atoms with Crippen LogP contribution in [-0.4, -0.2) is 16.3 Å². The number of hydrogen-bond donors (Lipinski definition) is 0. The van der Waals surface area contributed by atoms with Crippen LogP contribution < -0.4 is 0 Å². The van der Waals surface area contributed by atoms with Crippen LogP contribution in [0.3, 0.4) is 0 Å². The molecule has 1 atom stereocenters. The highest BCUT2D eigenvalue weighted by molar-refractivity contribution is 6.08. The van der Waals surface area contributed by atoms with Gasteiger partial charge in [-0.1, -0.05) is 76.4 Å². The lowest BCUT2D eigenvalue weighted by atomic mass is 9.99. The summed E-state index contributed by atoms with van der Waals surface area (Å²) in [7, 11) is 0. The molecule has 0 aliphatic rings. The number of unbranched alkanes of at least 4 members (excludes halogenated alkanes) is 5. The van der Waals surface area contributed by atoms with Crippen molar-refractivity contribution in [2.75, 3.05) is 0 Å². The highest BCUT2D eigenvalue weighted by Crippen LogP contribution is 2.17. The largest absolute Gasteiger partial charge is 0.212 e. The lowest BCUT2D eigenvalue weighted by molar-refractivity contribution is 0.472. The first-order valence-electron chi connectivity index (χ1n) is 6.35. The van der Waals surface area contributed by atoms with Crippen molar-refractivity contribution in [1.29, 1.82) is 0 Å². The summed E-state index contributed by atoms with van der Waals surface area (Å²) in [5.41, 5.74) is 0. The Bertz CT molecular complexity index is 87.1. The van der Waals surface area contributed by atoms with Gasteiger partial charge in [0, 0.05) is 0 Å². The second-order valence-corrected chi connectivity index (χ2v) is 5.06. The second kappa shape index (κ2) is 10.6. The molecular weight excluding hydrogens is 171 g/mol. The molecular formula is C12H27Al. The Morgan fingerprint density at radius 1 is 0.923 bits per heavy atom. The molecule has 78 valence electrons. The summed E-state index contributed by atoms with van der Waals surface area (Å²) in [6, 6.07) is 0. The molecule has 0 heterocycles. The molecule has 0 aliphatic heterocycles. The Labute approximate surface area is 92.9 Å². The van der Waals surface area contributed by atoms with Gasteiger partial charge in [-0.15, -0.1) is 0 Å². The van der Waals surface area contributed by atoms with Gasteiger partial charge in [0.25, 0.3) is 0 Å². The first-order chi connectivity index (χ1) is 6.35. The van der Waals surface area contributed by atoms with Crippen molar-refractivity contribution in [2.45, 2.75) is 70.5 Å². The Morgan fingerprint density at radius 3 is 2.08 bits per heavy atom. The average Bonchev–Trinajstić information content (AvgIpc) is 2.17. The monoisotopic (exact) mass is 198 g/mol. The summed E-state index contributed by atoms with van der Waals surface area (Å²) < 4.78 is 0. The van der Waals surface area contributed by atoms with E-state index in [0.29, 0.717) is 0 Å². The lowest BCUT2D eigenvalue weighted by Gasteiger charge is -2.11. The molecule has 0 bridgehead atoms. The first-order valence-corrected chi connectivity index (χ1v) is 7.76. The van der Waals surface area contributed by atoms with Gasteiger partial charge in [0.15, 0.2) is 0 Å². The molecule has 0 rings (SSSR count). The molecule has 0 N–H and O–H groups in total. The molecule has 0 amide bonds. The van der Waals surface area contributed by atoms with Crippen molar-refractivity contribution in [1.82, 2.24) is 0 Å². The van der Waals surface area contributed by atoms with E-state index in [9.17, 15) is 0 Å². The van der Waals surface area contributed by atoms with Crippen molar-refractivity contribution in [3.05, 3.63) is 0 Å². The summed E-state index contributed by atoms with van der Waals surface area (Å²) in [6.07, 6.45) is 11.7. The van der Waals surface area contributed by atoms with Crippen LogP contribution in [0.2, 0.25) is 5.28 Å². The zero-order valence-electron chi connectivity index (χ0n) is 9.94. The van der Waals surface area contributed by atoms with Crippen LogP contribution in [0.15, 0.2) is 0 Å². The van der Waals surface area contributed by atoms with E-state index in [2.05, 4.69) is 13.8 Å². The van der Waals surface area contributed by atoms with Crippen LogP contribution in [-0.2, 0) is 0 Å². The number of hydrogen-bond acceptors (Lipinski definition) is 0. The van der Waals surface area contributed by atoms with Crippen molar-refractivity contribution in [3.8, 4) is 0 Å². The highest BCUT2D eigenvalue weighted by Gasteiger charge is 2.01. The third-order valence-electron chi connectivity index (χ3n) is 3.12. The molecule has 0 radical (unpaired) electrons. The molecule has 0 nitrogen and oxygen atoms in total. The van der Waals surface area contributed by atoms with E-state index in [1.165, 1.54) is 72.9 Å². The van der Waals surface area contributed by atoms with Gasteiger partial charge < -0.3 is 0 Å². The maximum absolute atomic E-state index is 2.35. The Morgan fingerprint density at radius 2 is 1.54 bits per heavy atom. The van der Waals surface area contributed by atoms with Crippen molar-refractivity contribution in [2.24, 2.45) is 5.92 Å². The molecule has 0 aliphatic carbocycles. The average molecular weight is 198 g/mol. The summed E-state index contributed by atoms with van der Waals surface area (Å²) >= 11 is 1.40. The zero-order valence-corrected chi connectivity index (χ0v) is 11.9. The van der Waals surface area contributed by atoms with Crippen molar-refractivity contribution in [3.63, 3.8) is 0 Å². The van der Waals surface area contributed by atoms with Crippen LogP contribution in [0.1, 0.15) is 65.2 Å². The van der Waals surface area contributed by atoms with E-state index in [4.69, 9.17) is 0 Å². The summed E-state index contributed by atoms with van der Waals surface area (Å²) in [4.78, 5) is 0. The quantitative estimate of drug-likeness (QED) is 0.390. The van der Waals surface area contributed by atoms with E-state index in [-0.39, 0.29) is 0 Å². The lowest BCUT2D eigenvalue weighted by Crippen LogP contribution is -1.97. The first kappa shape index (κ1) is 13.5. The van der Waals surface area contributed by atoms with Gasteiger partial charge in [-0.3, -0.25) is 0 Å². The van der Waals surface area contributed by atoms with E-state index < -0.39 is 0 Å². The van der Waals surface area contributed by atoms with Gasteiger partial charge in [0.1, 0.15) is 0 Å². The molecule has 1 unspecified atom stereocenters. The molecule has 13 heavy (non-hydrogen) atoms. The fourth-order valence-corrected chi connectivity index (χ4v) is 2.90. The maximum atomic E-state index is 2.35. The van der Waals surface area contributed by atoms with Crippen molar-refractivity contribution < 1.29 is 0 Å². The SMILES string of the molecule is CCCCCCCCC(CC)[CH2][AlH2]. The standard InChI is InChI=1S/C12H25.Al.2H/c1-4-6-7-8-9-10-11-12(3)5-2;;;/h12H,3-11H2,1-2H3;;;. The van der Waals surface area contributed by atoms with E-state index >= 15 is 0 Å². The fourth-order valence-electron chi connectivity index (χ4n) is 1.91. The van der Waals surface area contributed by atoms with Gasteiger partial charge in [-0.05, 0) is 0 Å². The van der Waals surface area contributed by atoms with Crippen LogP contribution in [0.25, 0.3) is 0 Å². The second-order valence-electron chi connectivity index (χ2n) is 4.24. The predicted molar refractivity (Wildman–Crippen MR) is 65.1 cm³/mol. The molecule has 0 aromatic rings. The zero-order chi connectivity index (χ0) is 9.94. The van der Waals surface area contributed by atoms with Gasteiger partial charge >= 0.3 is 0 Å². The Balaban J connectivity index is 3.05. The predicted octanol–water partition coefficient (Wildman–Crippen LogP) is 3.81. The topological polar surface area (TPSA) is 0 Å². The maximum Gasteiger partial charge on any atom is 0.212 e. The van der Waals surface area contributed by atoms with Crippen LogP contribution in [0, 0.1) is 5.92 Å². The fraction of sp³-hybridized carbons (Fsp3) is 1.00. The molecule has 0 aromatic carbocycles. The molecule has 0 aromatic heterocycles. The smallest absolute Gasteiger partial charge is 0.0985 e. The van der Waals surface area contributed by atoms with E-state index in [1.54, 1.807) is 0 Å². The normalized spacial score (nSPS) is 13.1. The minimum absolute atomic E-state index is 1.07. The van der Waals surface area contributed by atoms with E-state index in [1.807, 2.05) is 0 Å². The van der Waals surface area contributed by atoms with Gasteiger partial charge in [0.05, 0.1) is 0 Å². The Kier molecular flexibility index (Phi) is 11.0. The van der Waals surface area contributed by atoms with Crippen LogP contribution in [0.5, 0.6) is 0 Å².